The van der Waals surface area contributed by atoms with E-state index in [2.05, 4.69) is 22.1 Å². The fourth-order valence-corrected chi connectivity index (χ4v) is 3.40. The van der Waals surface area contributed by atoms with E-state index in [4.69, 9.17) is 0 Å². The number of nitrogens with zero attached hydrogens (tertiary/aromatic N) is 3. The smallest absolute Gasteiger partial charge is 0.272 e. The first-order chi connectivity index (χ1) is 8.77. The van der Waals surface area contributed by atoms with Crippen LogP contribution in [-0.4, -0.2) is 58.1 Å². The second kappa shape index (κ2) is 4.72. The highest BCUT2D eigenvalue weighted by molar-refractivity contribution is 5.92. The van der Waals surface area contributed by atoms with Crippen LogP contribution in [0.15, 0.2) is 12.3 Å². The van der Waals surface area contributed by atoms with Crippen molar-refractivity contribution < 1.29 is 4.79 Å². The normalized spacial score (nSPS) is 29.1. The van der Waals surface area contributed by atoms with Gasteiger partial charge in [0.15, 0.2) is 0 Å². The number of H-pyrrole nitrogens is 1. The van der Waals surface area contributed by atoms with Crippen LogP contribution in [0.1, 0.15) is 36.2 Å². The number of hydrogen-bond donors (Lipinski definition) is 1. The summed E-state index contributed by atoms with van der Waals surface area (Å²) in [5, 5.41) is 6.65. The molecule has 0 aromatic carbocycles. The third-order valence-corrected chi connectivity index (χ3v) is 4.31. The number of hydrogen-bond acceptors (Lipinski definition) is 3. The summed E-state index contributed by atoms with van der Waals surface area (Å²) in [5.74, 6) is 0.107. The summed E-state index contributed by atoms with van der Waals surface area (Å²) in [6.07, 6.45) is 6.36. The van der Waals surface area contributed by atoms with Gasteiger partial charge in [-0.2, -0.15) is 5.10 Å². The molecule has 1 N–H and O–H groups in total. The maximum absolute atomic E-state index is 12.4. The Morgan fingerprint density at radius 2 is 2.11 bits per heavy atom. The number of aromatic nitrogens is 2. The van der Waals surface area contributed by atoms with Crippen molar-refractivity contribution in [3.8, 4) is 0 Å². The summed E-state index contributed by atoms with van der Waals surface area (Å²) in [6.45, 7) is 2.04. The molecule has 2 aliphatic heterocycles. The average molecular weight is 248 g/mol. The van der Waals surface area contributed by atoms with Crippen LogP contribution in [0.4, 0.5) is 0 Å². The minimum absolute atomic E-state index is 0.107. The maximum atomic E-state index is 12.4. The number of carbonyl (C=O) groups excluding carboxylic acids is 1. The summed E-state index contributed by atoms with van der Waals surface area (Å²) in [4.78, 5) is 16.9. The molecule has 18 heavy (non-hydrogen) atoms. The molecule has 98 valence electrons. The molecule has 3 heterocycles. The van der Waals surface area contributed by atoms with Crippen LogP contribution in [0.3, 0.4) is 0 Å². The number of amides is 1. The molecule has 0 spiro atoms. The summed E-state index contributed by atoms with van der Waals surface area (Å²) in [5.41, 5.74) is 0.613. The van der Waals surface area contributed by atoms with Crippen LogP contribution in [0.2, 0.25) is 0 Å². The standard InChI is InChI=1S/C13H20N4O/c1-16-8-2-4-11(16)12-5-3-9-17(12)13(18)10-6-7-14-15-10/h6-7,11-12H,2-5,8-9H2,1H3,(H,14,15)/t11-,12+/m1/s1. The van der Waals surface area contributed by atoms with Crippen molar-refractivity contribution in [2.24, 2.45) is 0 Å². The number of carbonyl (C=O) groups is 1. The molecule has 0 radical (unpaired) electrons. The van der Waals surface area contributed by atoms with Gasteiger partial charge in [0.1, 0.15) is 5.69 Å². The second-order valence-electron chi connectivity index (χ2n) is 5.37. The van der Waals surface area contributed by atoms with Gasteiger partial charge in [0.2, 0.25) is 0 Å². The Morgan fingerprint density at radius 3 is 2.78 bits per heavy atom. The van der Waals surface area contributed by atoms with E-state index in [9.17, 15) is 4.79 Å². The molecule has 0 aliphatic carbocycles. The fourth-order valence-electron chi connectivity index (χ4n) is 3.40. The van der Waals surface area contributed by atoms with Crippen molar-refractivity contribution in [3.05, 3.63) is 18.0 Å². The molecule has 5 heteroatoms. The third-order valence-electron chi connectivity index (χ3n) is 4.31. The van der Waals surface area contributed by atoms with Gasteiger partial charge in [-0.15, -0.1) is 0 Å². The lowest BCUT2D eigenvalue weighted by atomic mass is 10.0. The molecule has 0 saturated carbocycles. The van der Waals surface area contributed by atoms with Gasteiger partial charge in [0, 0.05) is 24.8 Å². The highest BCUT2D eigenvalue weighted by atomic mass is 16.2. The Kier molecular flexibility index (Phi) is 3.07. The first-order valence-electron chi connectivity index (χ1n) is 6.78. The zero-order valence-corrected chi connectivity index (χ0v) is 10.8. The molecular formula is C13H20N4O. The van der Waals surface area contributed by atoms with Gasteiger partial charge >= 0.3 is 0 Å². The molecule has 2 saturated heterocycles. The fraction of sp³-hybridized carbons (Fsp3) is 0.692. The Balaban J connectivity index is 1.77. The first-order valence-corrected chi connectivity index (χ1v) is 6.78. The van der Waals surface area contributed by atoms with E-state index in [1.165, 1.54) is 12.8 Å². The van der Waals surface area contributed by atoms with Crippen LogP contribution in [0.25, 0.3) is 0 Å². The number of nitrogens with one attached hydrogen (secondary N) is 1. The first kappa shape index (κ1) is 11.7. The van der Waals surface area contributed by atoms with Gasteiger partial charge in [-0.1, -0.05) is 0 Å². The minimum atomic E-state index is 0.107. The number of likely N-dealkylation sites (tertiary alicyclic amines) is 2. The van der Waals surface area contributed by atoms with Crippen LogP contribution in [-0.2, 0) is 0 Å². The van der Waals surface area contributed by atoms with Crippen molar-refractivity contribution in [2.75, 3.05) is 20.1 Å². The lowest BCUT2D eigenvalue weighted by molar-refractivity contribution is 0.0658. The summed E-state index contributed by atoms with van der Waals surface area (Å²) in [6, 6.07) is 2.68. The molecule has 1 aromatic rings. The SMILES string of the molecule is CN1CCC[C@@H]1[C@@H]1CCCN1C(=O)c1ccn[nH]1. The Bertz CT molecular complexity index is 417. The zero-order valence-electron chi connectivity index (χ0n) is 10.8. The summed E-state index contributed by atoms with van der Waals surface area (Å²) < 4.78 is 0. The van der Waals surface area contributed by atoms with Gasteiger partial charge in [-0.3, -0.25) is 9.89 Å². The monoisotopic (exact) mass is 248 g/mol. The van der Waals surface area contributed by atoms with E-state index in [0.717, 1.165) is 25.9 Å². The zero-order chi connectivity index (χ0) is 12.5. The van der Waals surface area contributed by atoms with Crippen molar-refractivity contribution in [3.63, 3.8) is 0 Å². The van der Waals surface area contributed by atoms with Gasteiger partial charge in [-0.05, 0) is 45.3 Å². The molecule has 3 rings (SSSR count). The minimum Gasteiger partial charge on any atom is -0.333 e. The molecule has 0 bridgehead atoms. The van der Waals surface area contributed by atoms with E-state index in [1.54, 1.807) is 12.3 Å². The van der Waals surface area contributed by atoms with E-state index < -0.39 is 0 Å². The molecule has 0 unspecified atom stereocenters. The van der Waals surface area contributed by atoms with Crippen LogP contribution < -0.4 is 0 Å². The average Bonchev–Trinajstić information content (AvgIpc) is 3.09. The second-order valence-corrected chi connectivity index (χ2v) is 5.37. The van der Waals surface area contributed by atoms with Crippen molar-refractivity contribution in [1.82, 2.24) is 20.0 Å². The number of rotatable bonds is 2. The summed E-state index contributed by atoms with van der Waals surface area (Å²) in [7, 11) is 2.18. The van der Waals surface area contributed by atoms with Crippen molar-refractivity contribution in [2.45, 2.75) is 37.8 Å². The van der Waals surface area contributed by atoms with Crippen LogP contribution in [0.5, 0.6) is 0 Å². The third kappa shape index (κ3) is 1.92. The lowest BCUT2D eigenvalue weighted by Gasteiger charge is -2.33. The van der Waals surface area contributed by atoms with Crippen LogP contribution >= 0.6 is 0 Å². The molecular weight excluding hydrogens is 228 g/mol. The molecule has 1 amide bonds. The van der Waals surface area contributed by atoms with E-state index >= 15 is 0 Å². The molecule has 2 atom stereocenters. The molecule has 5 nitrogen and oxygen atoms in total. The molecule has 2 fully saturated rings. The van der Waals surface area contributed by atoms with E-state index in [-0.39, 0.29) is 5.91 Å². The van der Waals surface area contributed by atoms with Crippen LogP contribution in [0, 0.1) is 0 Å². The van der Waals surface area contributed by atoms with Gasteiger partial charge in [0.25, 0.3) is 5.91 Å². The Morgan fingerprint density at radius 1 is 1.33 bits per heavy atom. The van der Waals surface area contributed by atoms with Gasteiger partial charge in [0.05, 0.1) is 0 Å². The van der Waals surface area contributed by atoms with Crippen molar-refractivity contribution >= 4 is 5.91 Å². The predicted octanol–water partition coefficient (Wildman–Crippen LogP) is 1.11. The predicted molar refractivity (Wildman–Crippen MR) is 68.3 cm³/mol. The highest BCUT2D eigenvalue weighted by Crippen LogP contribution is 2.29. The molecule has 1 aromatic heterocycles. The Labute approximate surface area is 107 Å². The van der Waals surface area contributed by atoms with Crippen molar-refractivity contribution in [1.29, 1.82) is 0 Å². The Hall–Kier alpha value is -1.36. The highest BCUT2D eigenvalue weighted by Gasteiger charge is 2.38. The van der Waals surface area contributed by atoms with Gasteiger partial charge in [-0.25, -0.2) is 0 Å². The maximum Gasteiger partial charge on any atom is 0.272 e. The quantitative estimate of drug-likeness (QED) is 0.853. The van der Waals surface area contributed by atoms with E-state index in [0.29, 0.717) is 17.8 Å². The summed E-state index contributed by atoms with van der Waals surface area (Å²) >= 11 is 0. The largest absolute Gasteiger partial charge is 0.333 e. The number of likely N-dealkylation sites (N-methyl/N-ethyl adjacent to an activating group) is 1. The van der Waals surface area contributed by atoms with E-state index in [1.807, 2.05) is 4.90 Å². The lowest BCUT2D eigenvalue weighted by Crippen LogP contribution is -2.47. The molecule has 2 aliphatic rings. The van der Waals surface area contributed by atoms with Gasteiger partial charge < -0.3 is 9.80 Å². The topological polar surface area (TPSA) is 52.2 Å². The number of aromatic amines is 1.